The molecule has 0 bridgehead atoms. The molecular formula is C14H19N3O3. The van der Waals surface area contributed by atoms with Gasteiger partial charge in [-0.2, -0.15) is 0 Å². The van der Waals surface area contributed by atoms with E-state index >= 15 is 0 Å². The van der Waals surface area contributed by atoms with Crippen LogP contribution in [0.3, 0.4) is 0 Å². The fraction of sp³-hybridized carbons (Fsp3) is 0.429. The third kappa shape index (κ3) is 3.01. The van der Waals surface area contributed by atoms with Gasteiger partial charge in [0.2, 0.25) is 0 Å². The molecule has 0 aliphatic carbocycles. The predicted octanol–water partition coefficient (Wildman–Crippen LogP) is 1.54. The number of methoxy groups -OCH3 is 1. The summed E-state index contributed by atoms with van der Waals surface area (Å²) in [6, 6.07) is 6.75. The van der Waals surface area contributed by atoms with Gasteiger partial charge >= 0.3 is 12.0 Å². The fourth-order valence-corrected chi connectivity index (χ4v) is 2.41. The number of urea groups is 1. The molecule has 1 aromatic carbocycles. The van der Waals surface area contributed by atoms with Gasteiger partial charge in [-0.15, -0.1) is 0 Å². The molecule has 1 saturated heterocycles. The molecule has 0 radical (unpaired) electrons. The Hall–Kier alpha value is -2.24. The van der Waals surface area contributed by atoms with Gasteiger partial charge in [0.1, 0.15) is 0 Å². The van der Waals surface area contributed by atoms with Crippen LogP contribution in [0, 0.1) is 11.8 Å². The molecule has 1 aliphatic heterocycles. The minimum absolute atomic E-state index is 0.0917. The van der Waals surface area contributed by atoms with E-state index in [4.69, 9.17) is 10.5 Å². The molecule has 6 heteroatoms. The van der Waals surface area contributed by atoms with Crippen LogP contribution in [0.2, 0.25) is 0 Å². The number of likely N-dealkylation sites (tertiary alicyclic amines) is 1. The normalized spacial score (nSPS) is 21.6. The fourth-order valence-electron chi connectivity index (χ4n) is 2.41. The van der Waals surface area contributed by atoms with Crippen LogP contribution < -0.4 is 11.1 Å². The number of benzene rings is 1. The van der Waals surface area contributed by atoms with Gasteiger partial charge in [0.05, 0.1) is 13.0 Å². The lowest BCUT2D eigenvalue weighted by Crippen LogP contribution is -2.34. The highest BCUT2D eigenvalue weighted by Gasteiger charge is 2.37. The van der Waals surface area contributed by atoms with E-state index in [1.807, 2.05) is 6.92 Å². The van der Waals surface area contributed by atoms with Crippen molar-refractivity contribution in [1.82, 2.24) is 4.90 Å². The smallest absolute Gasteiger partial charge is 0.321 e. The van der Waals surface area contributed by atoms with Crippen molar-refractivity contribution in [3.63, 3.8) is 0 Å². The number of amides is 2. The number of nitrogens with one attached hydrogen (secondary N) is 1. The molecule has 2 rings (SSSR count). The summed E-state index contributed by atoms with van der Waals surface area (Å²) in [4.78, 5) is 25.4. The number of nitrogens with zero attached hydrogens (tertiary/aromatic N) is 1. The third-order valence-corrected chi connectivity index (χ3v) is 3.54. The number of carbonyl (C=O) groups excluding carboxylic acids is 2. The first kappa shape index (κ1) is 14.2. The molecule has 0 aromatic heterocycles. The Morgan fingerprint density at radius 1 is 1.40 bits per heavy atom. The highest BCUT2D eigenvalue weighted by molar-refractivity contribution is 5.90. The minimum atomic E-state index is -0.267. The number of nitrogens with two attached hydrogens (primary N) is 1. The molecule has 1 aliphatic rings. The lowest BCUT2D eigenvalue weighted by Gasteiger charge is -2.17. The van der Waals surface area contributed by atoms with E-state index in [9.17, 15) is 9.59 Å². The van der Waals surface area contributed by atoms with Crippen LogP contribution in [0.1, 0.15) is 6.92 Å². The summed E-state index contributed by atoms with van der Waals surface area (Å²) in [5.41, 5.74) is 6.89. The van der Waals surface area contributed by atoms with E-state index in [2.05, 4.69) is 5.32 Å². The number of esters is 1. The summed E-state index contributed by atoms with van der Waals surface area (Å²) in [6.45, 7) is 2.85. The highest BCUT2D eigenvalue weighted by Crippen LogP contribution is 2.25. The van der Waals surface area contributed by atoms with E-state index in [0.29, 0.717) is 24.5 Å². The monoisotopic (exact) mass is 277 g/mol. The highest BCUT2D eigenvalue weighted by atomic mass is 16.5. The zero-order valence-corrected chi connectivity index (χ0v) is 11.6. The Bertz CT molecular complexity index is 518. The number of anilines is 2. The molecule has 108 valence electrons. The van der Waals surface area contributed by atoms with Gasteiger partial charge in [-0.25, -0.2) is 4.79 Å². The number of hydrogen-bond donors (Lipinski definition) is 2. The molecule has 1 aromatic rings. The van der Waals surface area contributed by atoms with Crippen LogP contribution in [-0.4, -0.2) is 37.1 Å². The van der Waals surface area contributed by atoms with E-state index in [-0.39, 0.29) is 23.8 Å². The predicted molar refractivity (Wildman–Crippen MR) is 76.1 cm³/mol. The molecule has 3 N–H and O–H groups in total. The second kappa shape index (κ2) is 5.81. The largest absolute Gasteiger partial charge is 0.469 e. The van der Waals surface area contributed by atoms with Crippen LogP contribution in [-0.2, 0) is 9.53 Å². The van der Waals surface area contributed by atoms with Crippen molar-refractivity contribution >= 4 is 23.4 Å². The van der Waals surface area contributed by atoms with Gasteiger partial charge in [-0.1, -0.05) is 13.0 Å². The van der Waals surface area contributed by atoms with E-state index in [0.717, 1.165) is 0 Å². The average molecular weight is 277 g/mol. The molecule has 0 spiro atoms. The number of ether oxygens (including phenoxy) is 1. The summed E-state index contributed by atoms with van der Waals surface area (Å²) >= 11 is 0. The summed E-state index contributed by atoms with van der Waals surface area (Å²) in [7, 11) is 1.37. The third-order valence-electron chi connectivity index (χ3n) is 3.54. The second-order valence-electron chi connectivity index (χ2n) is 5.07. The van der Waals surface area contributed by atoms with Gasteiger partial charge in [-0.05, 0) is 24.1 Å². The van der Waals surface area contributed by atoms with Gasteiger partial charge in [0, 0.05) is 24.5 Å². The minimum Gasteiger partial charge on any atom is -0.469 e. The van der Waals surface area contributed by atoms with E-state index < -0.39 is 0 Å². The lowest BCUT2D eigenvalue weighted by molar-refractivity contribution is -0.145. The summed E-state index contributed by atoms with van der Waals surface area (Å²) in [5, 5.41) is 2.78. The quantitative estimate of drug-likeness (QED) is 0.634. The van der Waals surface area contributed by atoms with Crippen molar-refractivity contribution in [3.05, 3.63) is 24.3 Å². The molecule has 2 unspecified atom stereocenters. The maximum Gasteiger partial charge on any atom is 0.321 e. The van der Waals surface area contributed by atoms with Gasteiger partial charge in [0.15, 0.2) is 0 Å². The van der Waals surface area contributed by atoms with E-state index in [1.165, 1.54) is 7.11 Å². The van der Waals surface area contributed by atoms with Crippen molar-refractivity contribution in [2.75, 3.05) is 31.2 Å². The molecule has 2 amide bonds. The zero-order valence-electron chi connectivity index (χ0n) is 11.6. The van der Waals surface area contributed by atoms with Gasteiger partial charge in [0.25, 0.3) is 0 Å². The molecule has 1 heterocycles. The molecule has 6 nitrogen and oxygen atoms in total. The SMILES string of the molecule is COC(=O)C1CN(C(=O)Nc2cccc(N)c2)CC1C. The van der Waals surface area contributed by atoms with Crippen molar-refractivity contribution in [3.8, 4) is 0 Å². The average Bonchev–Trinajstić information content (AvgIpc) is 2.80. The van der Waals surface area contributed by atoms with Gasteiger partial charge in [-0.3, -0.25) is 4.79 Å². The lowest BCUT2D eigenvalue weighted by atomic mass is 9.99. The van der Waals surface area contributed by atoms with Crippen LogP contribution in [0.25, 0.3) is 0 Å². The number of nitrogen functional groups attached to an aromatic ring is 1. The Balaban J connectivity index is 1.99. The molecular weight excluding hydrogens is 258 g/mol. The van der Waals surface area contributed by atoms with E-state index in [1.54, 1.807) is 29.2 Å². The Labute approximate surface area is 117 Å². The summed E-state index contributed by atoms with van der Waals surface area (Å²) in [6.07, 6.45) is 0. The Morgan fingerprint density at radius 2 is 2.15 bits per heavy atom. The first-order valence-electron chi connectivity index (χ1n) is 6.50. The zero-order chi connectivity index (χ0) is 14.7. The van der Waals surface area contributed by atoms with Crippen LogP contribution in [0.5, 0.6) is 0 Å². The van der Waals surface area contributed by atoms with Crippen molar-refractivity contribution in [1.29, 1.82) is 0 Å². The maximum atomic E-state index is 12.1. The number of rotatable bonds is 2. The summed E-state index contributed by atoms with van der Waals surface area (Å²) < 4.78 is 4.75. The molecule has 2 atom stereocenters. The number of hydrogen-bond acceptors (Lipinski definition) is 4. The standard InChI is InChI=1S/C14H19N3O3/c1-9-7-17(8-12(9)13(18)20-2)14(19)16-11-5-3-4-10(15)6-11/h3-6,9,12H,7-8,15H2,1-2H3,(H,16,19). The molecule has 0 saturated carbocycles. The van der Waals surface area contributed by atoms with Crippen molar-refractivity contribution in [2.45, 2.75) is 6.92 Å². The first-order chi connectivity index (χ1) is 9.51. The first-order valence-corrected chi connectivity index (χ1v) is 6.50. The Kier molecular flexibility index (Phi) is 4.12. The summed E-state index contributed by atoms with van der Waals surface area (Å²) in [5.74, 6) is -0.433. The van der Waals surface area contributed by atoms with Crippen LogP contribution >= 0.6 is 0 Å². The maximum absolute atomic E-state index is 12.1. The number of carbonyl (C=O) groups is 2. The van der Waals surface area contributed by atoms with Crippen molar-refractivity contribution < 1.29 is 14.3 Å². The van der Waals surface area contributed by atoms with Crippen molar-refractivity contribution in [2.24, 2.45) is 11.8 Å². The van der Waals surface area contributed by atoms with Crippen LogP contribution in [0.4, 0.5) is 16.2 Å². The van der Waals surface area contributed by atoms with Gasteiger partial charge < -0.3 is 20.7 Å². The second-order valence-corrected chi connectivity index (χ2v) is 5.07. The molecule has 1 fully saturated rings. The molecule has 20 heavy (non-hydrogen) atoms. The van der Waals surface area contributed by atoms with Crippen LogP contribution in [0.15, 0.2) is 24.3 Å². The Morgan fingerprint density at radius 3 is 2.80 bits per heavy atom. The topological polar surface area (TPSA) is 84.7 Å².